The van der Waals surface area contributed by atoms with Gasteiger partial charge in [0.2, 0.25) is 11.6 Å². The van der Waals surface area contributed by atoms with E-state index in [1.807, 2.05) is 0 Å². The highest BCUT2D eigenvalue weighted by Crippen LogP contribution is 2.35. The molecule has 0 heterocycles. The normalized spacial score (nSPS) is 22.1. The van der Waals surface area contributed by atoms with Crippen LogP contribution in [0.15, 0.2) is 22.8 Å². The largest absolute Gasteiger partial charge is 0.392 e. The summed E-state index contributed by atoms with van der Waals surface area (Å²) in [5, 5.41) is 8.97. The third-order valence-corrected chi connectivity index (χ3v) is 2.59. The van der Waals surface area contributed by atoms with E-state index in [2.05, 4.69) is 0 Å². The third-order valence-electron chi connectivity index (χ3n) is 2.59. The van der Waals surface area contributed by atoms with Crippen LogP contribution in [0.25, 0.3) is 0 Å². The van der Waals surface area contributed by atoms with Gasteiger partial charge in [-0.1, -0.05) is 0 Å². The van der Waals surface area contributed by atoms with E-state index in [1.165, 1.54) is 6.08 Å². The molecule has 3 heteroatoms. The van der Waals surface area contributed by atoms with Gasteiger partial charge in [-0.15, -0.1) is 0 Å². The number of carbonyl (C=O) groups is 2. The van der Waals surface area contributed by atoms with Crippen LogP contribution < -0.4 is 0 Å². The summed E-state index contributed by atoms with van der Waals surface area (Å²) in [6.45, 7) is -0.308. The second-order valence-electron chi connectivity index (χ2n) is 3.33. The maximum atomic E-state index is 11.3. The van der Waals surface area contributed by atoms with Gasteiger partial charge < -0.3 is 5.11 Å². The molecule has 0 bridgehead atoms. The number of rotatable bonds is 1. The summed E-state index contributed by atoms with van der Waals surface area (Å²) in [6, 6.07) is 0. The van der Waals surface area contributed by atoms with E-state index >= 15 is 0 Å². The number of aliphatic hydroxyl groups is 1. The van der Waals surface area contributed by atoms with Crippen molar-refractivity contribution < 1.29 is 14.7 Å². The first-order chi connectivity index (χ1) is 6.24. The Morgan fingerprint density at radius 3 is 2.77 bits per heavy atom. The summed E-state index contributed by atoms with van der Waals surface area (Å²) in [4.78, 5) is 22.4. The van der Waals surface area contributed by atoms with Crippen molar-refractivity contribution in [2.45, 2.75) is 19.3 Å². The predicted molar refractivity (Wildman–Crippen MR) is 46.1 cm³/mol. The fraction of sp³-hybridized carbons (Fsp3) is 0.400. The maximum absolute atomic E-state index is 11.3. The summed E-state index contributed by atoms with van der Waals surface area (Å²) < 4.78 is 0. The van der Waals surface area contributed by atoms with Crippen molar-refractivity contribution in [3.8, 4) is 0 Å². The summed E-state index contributed by atoms with van der Waals surface area (Å²) >= 11 is 0. The molecule has 0 saturated heterocycles. The van der Waals surface area contributed by atoms with Crippen molar-refractivity contribution in [2.24, 2.45) is 0 Å². The molecule has 68 valence electrons. The molecule has 0 atom stereocenters. The predicted octanol–water partition coefficient (Wildman–Crippen LogP) is 0.537. The summed E-state index contributed by atoms with van der Waals surface area (Å²) in [5.74, 6) is -1.01. The number of ketones is 2. The van der Waals surface area contributed by atoms with Gasteiger partial charge in [0.15, 0.2) is 0 Å². The summed E-state index contributed by atoms with van der Waals surface area (Å²) in [5.41, 5.74) is 2.18. The first-order valence-corrected chi connectivity index (χ1v) is 4.36. The first-order valence-electron chi connectivity index (χ1n) is 4.36. The van der Waals surface area contributed by atoms with Crippen molar-refractivity contribution in [3.05, 3.63) is 22.8 Å². The molecule has 0 aromatic rings. The molecule has 2 aliphatic carbocycles. The minimum absolute atomic E-state index is 0.308. The van der Waals surface area contributed by atoms with Crippen LogP contribution in [-0.2, 0) is 9.59 Å². The summed E-state index contributed by atoms with van der Waals surface area (Å²) in [7, 11) is 0. The van der Waals surface area contributed by atoms with Gasteiger partial charge in [0.25, 0.3) is 0 Å². The van der Waals surface area contributed by atoms with Crippen LogP contribution in [0.5, 0.6) is 0 Å². The fourth-order valence-corrected chi connectivity index (χ4v) is 1.95. The van der Waals surface area contributed by atoms with Crippen LogP contribution >= 0.6 is 0 Å². The number of hydrogen-bond acceptors (Lipinski definition) is 3. The highest BCUT2D eigenvalue weighted by Gasteiger charge is 2.29. The van der Waals surface area contributed by atoms with Crippen molar-refractivity contribution >= 4 is 11.6 Å². The molecular formula is C10H10O3. The van der Waals surface area contributed by atoms with E-state index in [9.17, 15) is 9.59 Å². The van der Waals surface area contributed by atoms with Gasteiger partial charge in [-0.3, -0.25) is 9.59 Å². The number of fused-ring (bicyclic) bond motifs is 1. The average molecular weight is 178 g/mol. The molecule has 0 unspecified atom stereocenters. The minimum Gasteiger partial charge on any atom is -0.392 e. The smallest absolute Gasteiger partial charge is 0.231 e. The van der Waals surface area contributed by atoms with E-state index in [0.29, 0.717) is 5.57 Å². The van der Waals surface area contributed by atoms with Gasteiger partial charge in [0, 0.05) is 5.57 Å². The first kappa shape index (κ1) is 8.38. The zero-order valence-corrected chi connectivity index (χ0v) is 7.17. The molecule has 0 aliphatic heterocycles. The van der Waals surface area contributed by atoms with E-state index in [4.69, 9.17) is 5.11 Å². The molecule has 0 aromatic carbocycles. The van der Waals surface area contributed by atoms with Crippen molar-refractivity contribution in [1.29, 1.82) is 0 Å². The molecule has 13 heavy (non-hydrogen) atoms. The Labute approximate surface area is 75.8 Å². The van der Waals surface area contributed by atoms with Crippen LogP contribution in [0.4, 0.5) is 0 Å². The van der Waals surface area contributed by atoms with Gasteiger partial charge >= 0.3 is 0 Å². The van der Waals surface area contributed by atoms with E-state index < -0.39 is 11.6 Å². The lowest BCUT2D eigenvalue weighted by Crippen LogP contribution is -2.22. The molecule has 2 rings (SSSR count). The molecule has 0 amide bonds. The molecule has 1 saturated carbocycles. The second-order valence-corrected chi connectivity index (χ2v) is 3.33. The molecule has 1 N–H and O–H groups in total. The standard InChI is InChI=1S/C10H10O3/c11-5-8-7-3-1-2-6(7)4-9(12)10(8)13/h4,11H,1-3,5H2. The molecule has 0 aromatic heterocycles. The number of carbonyl (C=O) groups excluding carboxylic acids is 2. The lowest BCUT2D eigenvalue weighted by molar-refractivity contribution is -0.132. The number of Topliss-reactive ketones (excluding diaryl/α,β-unsaturated/α-hetero) is 1. The Morgan fingerprint density at radius 1 is 1.31 bits per heavy atom. The van der Waals surface area contributed by atoms with Gasteiger partial charge in [-0.2, -0.15) is 0 Å². The van der Waals surface area contributed by atoms with Crippen LogP contribution in [0.1, 0.15) is 19.3 Å². The number of aliphatic hydroxyl groups excluding tert-OH is 1. The zero-order valence-electron chi connectivity index (χ0n) is 7.17. The van der Waals surface area contributed by atoms with Crippen molar-refractivity contribution in [2.75, 3.05) is 6.61 Å². The van der Waals surface area contributed by atoms with Crippen molar-refractivity contribution in [1.82, 2.24) is 0 Å². The third kappa shape index (κ3) is 1.16. The molecule has 0 radical (unpaired) electrons. The van der Waals surface area contributed by atoms with E-state index in [1.54, 1.807) is 0 Å². The lowest BCUT2D eigenvalue weighted by Gasteiger charge is -2.12. The Bertz CT molecular complexity index is 347. The van der Waals surface area contributed by atoms with E-state index in [0.717, 1.165) is 30.4 Å². The van der Waals surface area contributed by atoms with Crippen LogP contribution in [0.2, 0.25) is 0 Å². The van der Waals surface area contributed by atoms with Gasteiger partial charge in [0.1, 0.15) is 0 Å². The highest BCUT2D eigenvalue weighted by atomic mass is 16.3. The van der Waals surface area contributed by atoms with Gasteiger partial charge in [-0.25, -0.2) is 0 Å². The van der Waals surface area contributed by atoms with Gasteiger partial charge in [0.05, 0.1) is 6.61 Å². The molecule has 2 aliphatic rings. The number of hydrogen-bond donors (Lipinski definition) is 1. The highest BCUT2D eigenvalue weighted by molar-refractivity contribution is 6.48. The fourth-order valence-electron chi connectivity index (χ4n) is 1.95. The SMILES string of the molecule is O=C1C=C2CCCC2=C(CO)C1=O. The molecule has 1 fully saturated rings. The van der Waals surface area contributed by atoms with Crippen LogP contribution in [-0.4, -0.2) is 23.3 Å². The Morgan fingerprint density at radius 2 is 2.08 bits per heavy atom. The van der Waals surface area contributed by atoms with Crippen molar-refractivity contribution in [3.63, 3.8) is 0 Å². The summed E-state index contributed by atoms with van der Waals surface area (Å²) in [6.07, 6.45) is 4.08. The molecular weight excluding hydrogens is 168 g/mol. The number of allylic oxidation sites excluding steroid dienone is 3. The minimum atomic E-state index is -0.525. The van der Waals surface area contributed by atoms with Gasteiger partial charge in [-0.05, 0) is 36.5 Å². The van der Waals surface area contributed by atoms with Crippen LogP contribution in [0, 0.1) is 0 Å². The molecule has 3 nitrogen and oxygen atoms in total. The molecule has 0 spiro atoms. The monoisotopic (exact) mass is 178 g/mol. The zero-order chi connectivity index (χ0) is 9.42. The second kappa shape index (κ2) is 2.92. The quantitative estimate of drug-likeness (QED) is 0.471. The topological polar surface area (TPSA) is 54.4 Å². The average Bonchev–Trinajstić information content (AvgIpc) is 2.54. The Kier molecular flexibility index (Phi) is 1.88. The van der Waals surface area contributed by atoms with Crippen LogP contribution in [0.3, 0.4) is 0 Å². The van der Waals surface area contributed by atoms with E-state index in [-0.39, 0.29) is 6.61 Å². The Hall–Kier alpha value is -1.22. The lowest BCUT2D eigenvalue weighted by atomic mass is 9.91. The Balaban J connectivity index is 2.52. The maximum Gasteiger partial charge on any atom is 0.231 e.